The van der Waals surface area contributed by atoms with Gasteiger partial charge in [0.2, 0.25) is 0 Å². The maximum absolute atomic E-state index is 13.4. The van der Waals surface area contributed by atoms with Crippen molar-refractivity contribution in [2.75, 3.05) is 0 Å². The van der Waals surface area contributed by atoms with Gasteiger partial charge in [-0.2, -0.15) is 18.2 Å². The molecule has 1 N–H and O–H groups in total. The summed E-state index contributed by atoms with van der Waals surface area (Å²) in [6.07, 6.45) is -1.54. The maximum atomic E-state index is 13.4. The SMILES string of the molecule is CC1(NCc2cc3c(c(C(F)(F)F)c2)CN(OC=O)C3=O)CCC1. The van der Waals surface area contributed by atoms with E-state index in [-0.39, 0.29) is 29.7 Å². The number of fused-ring (bicyclic) bond motifs is 1. The highest BCUT2D eigenvalue weighted by molar-refractivity contribution is 5.98. The lowest BCUT2D eigenvalue weighted by Gasteiger charge is -2.39. The normalized spacial score (nSPS) is 19.0. The molecule has 1 fully saturated rings. The highest BCUT2D eigenvalue weighted by Gasteiger charge is 2.41. The lowest BCUT2D eigenvalue weighted by atomic mass is 9.78. The number of hydroxylamine groups is 2. The molecule has 24 heavy (non-hydrogen) atoms. The van der Waals surface area contributed by atoms with Gasteiger partial charge in [-0.1, -0.05) is 0 Å². The Morgan fingerprint density at radius 2 is 2.08 bits per heavy atom. The van der Waals surface area contributed by atoms with Crippen LogP contribution in [0.3, 0.4) is 0 Å². The molecule has 0 radical (unpaired) electrons. The zero-order valence-electron chi connectivity index (χ0n) is 13.1. The van der Waals surface area contributed by atoms with Gasteiger partial charge in [0.05, 0.1) is 12.1 Å². The molecular weight excluding hydrogens is 325 g/mol. The Hall–Kier alpha value is -2.09. The second-order valence-corrected chi connectivity index (χ2v) is 6.48. The zero-order valence-corrected chi connectivity index (χ0v) is 13.1. The first-order chi connectivity index (χ1) is 11.2. The predicted octanol–water partition coefficient (Wildman–Crippen LogP) is 2.78. The van der Waals surface area contributed by atoms with Crippen LogP contribution in [0, 0.1) is 0 Å². The van der Waals surface area contributed by atoms with Crippen LogP contribution in [0.15, 0.2) is 12.1 Å². The van der Waals surface area contributed by atoms with Crippen LogP contribution < -0.4 is 5.32 Å². The van der Waals surface area contributed by atoms with Gasteiger partial charge in [-0.05, 0) is 43.9 Å². The van der Waals surface area contributed by atoms with Crippen LogP contribution in [0.2, 0.25) is 0 Å². The third-order valence-electron chi connectivity index (χ3n) is 4.72. The fraction of sp³-hybridized carbons (Fsp3) is 0.500. The standard InChI is InChI=1S/C16H17F3N2O3/c1-15(3-2-4-15)20-7-10-5-11-12(13(6-10)16(17,18)19)8-21(14(11)23)24-9-22/h5-6,9,20H,2-4,7-8H2,1H3. The van der Waals surface area contributed by atoms with Crippen LogP contribution in [0.25, 0.3) is 0 Å². The summed E-state index contributed by atoms with van der Waals surface area (Å²) in [5, 5.41) is 3.89. The van der Waals surface area contributed by atoms with Crippen molar-refractivity contribution in [1.82, 2.24) is 10.4 Å². The Balaban J connectivity index is 1.93. The van der Waals surface area contributed by atoms with E-state index >= 15 is 0 Å². The molecule has 0 spiro atoms. The van der Waals surface area contributed by atoms with Crippen molar-refractivity contribution in [3.8, 4) is 0 Å². The molecular formula is C16H17F3N2O3. The molecule has 1 aliphatic heterocycles. The van der Waals surface area contributed by atoms with Gasteiger partial charge in [-0.15, -0.1) is 0 Å². The minimum Gasteiger partial charge on any atom is -0.341 e. The van der Waals surface area contributed by atoms with E-state index in [1.165, 1.54) is 6.07 Å². The third-order valence-corrected chi connectivity index (χ3v) is 4.72. The second kappa shape index (κ2) is 5.77. The molecule has 8 heteroatoms. The van der Waals surface area contributed by atoms with E-state index in [4.69, 9.17) is 0 Å². The van der Waals surface area contributed by atoms with E-state index in [1.54, 1.807) is 0 Å². The molecule has 1 heterocycles. The van der Waals surface area contributed by atoms with Gasteiger partial charge >= 0.3 is 12.6 Å². The molecule has 3 rings (SSSR count). The van der Waals surface area contributed by atoms with Crippen molar-refractivity contribution >= 4 is 12.4 Å². The number of benzene rings is 1. The Morgan fingerprint density at radius 3 is 2.62 bits per heavy atom. The average molecular weight is 342 g/mol. The molecule has 1 aromatic rings. The van der Waals surface area contributed by atoms with Gasteiger partial charge < -0.3 is 10.2 Å². The molecule has 0 bridgehead atoms. The summed E-state index contributed by atoms with van der Waals surface area (Å²) in [4.78, 5) is 27.0. The van der Waals surface area contributed by atoms with E-state index in [0.717, 1.165) is 25.3 Å². The highest BCUT2D eigenvalue weighted by atomic mass is 19.4. The minimum atomic E-state index is -4.59. The number of rotatable bonds is 5. The number of nitrogens with zero attached hydrogens (tertiary/aromatic N) is 1. The first-order valence-electron chi connectivity index (χ1n) is 7.64. The minimum absolute atomic E-state index is 0.0247. The van der Waals surface area contributed by atoms with Crippen LogP contribution in [0.4, 0.5) is 13.2 Å². The van der Waals surface area contributed by atoms with Gasteiger partial charge in [0.15, 0.2) is 0 Å². The Bertz CT molecular complexity index is 684. The van der Waals surface area contributed by atoms with Crippen molar-refractivity contribution in [3.05, 3.63) is 34.4 Å². The molecule has 0 unspecified atom stereocenters. The lowest BCUT2D eigenvalue weighted by molar-refractivity contribution is -0.162. The van der Waals surface area contributed by atoms with Crippen molar-refractivity contribution in [2.45, 2.75) is 51.0 Å². The maximum Gasteiger partial charge on any atom is 0.416 e. The van der Waals surface area contributed by atoms with Crippen LogP contribution in [-0.4, -0.2) is 23.0 Å². The number of carbonyl (C=O) groups excluding carboxylic acids is 2. The van der Waals surface area contributed by atoms with Crippen molar-refractivity contribution < 1.29 is 27.6 Å². The largest absolute Gasteiger partial charge is 0.416 e. The lowest BCUT2D eigenvalue weighted by Crippen LogP contribution is -2.47. The van der Waals surface area contributed by atoms with Gasteiger partial charge in [-0.25, -0.2) is 0 Å². The van der Waals surface area contributed by atoms with Crippen molar-refractivity contribution in [3.63, 3.8) is 0 Å². The quantitative estimate of drug-likeness (QED) is 0.836. The topological polar surface area (TPSA) is 58.6 Å². The summed E-state index contributed by atoms with van der Waals surface area (Å²) in [6, 6.07) is 2.50. The van der Waals surface area contributed by atoms with E-state index in [1.807, 2.05) is 6.92 Å². The Kier molecular flexibility index (Phi) is 4.03. The summed E-state index contributed by atoms with van der Waals surface area (Å²) in [5.41, 5.74) is -0.764. The molecule has 1 saturated carbocycles. The van der Waals surface area contributed by atoms with Gasteiger partial charge in [0, 0.05) is 23.2 Å². The van der Waals surface area contributed by atoms with Crippen molar-refractivity contribution in [1.29, 1.82) is 0 Å². The first-order valence-corrected chi connectivity index (χ1v) is 7.64. The number of hydrogen-bond donors (Lipinski definition) is 1. The molecule has 130 valence electrons. The summed E-state index contributed by atoms with van der Waals surface area (Å²) in [7, 11) is 0. The monoisotopic (exact) mass is 342 g/mol. The van der Waals surface area contributed by atoms with Gasteiger partial charge in [0.25, 0.3) is 5.91 Å². The average Bonchev–Trinajstić information content (AvgIpc) is 2.79. The summed E-state index contributed by atoms with van der Waals surface area (Å²) < 4.78 is 40.1. The third kappa shape index (κ3) is 2.98. The fourth-order valence-corrected chi connectivity index (χ4v) is 3.13. The van der Waals surface area contributed by atoms with E-state index in [2.05, 4.69) is 10.2 Å². The highest BCUT2D eigenvalue weighted by Crippen LogP contribution is 2.38. The van der Waals surface area contributed by atoms with E-state index < -0.39 is 24.2 Å². The summed E-state index contributed by atoms with van der Waals surface area (Å²) in [5.74, 6) is -0.737. The second-order valence-electron chi connectivity index (χ2n) is 6.48. The van der Waals surface area contributed by atoms with Gasteiger partial charge in [-0.3, -0.25) is 9.59 Å². The molecule has 0 atom stereocenters. The molecule has 1 amide bonds. The summed E-state index contributed by atoms with van der Waals surface area (Å²) in [6.45, 7) is 1.90. The Morgan fingerprint density at radius 1 is 1.38 bits per heavy atom. The number of hydrogen-bond acceptors (Lipinski definition) is 4. The molecule has 5 nitrogen and oxygen atoms in total. The summed E-state index contributed by atoms with van der Waals surface area (Å²) >= 11 is 0. The smallest absolute Gasteiger partial charge is 0.341 e. The number of nitrogens with one attached hydrogen (secondary N) is 1. The zero-order chi connectivity index (χ0) is 17.5. The molecule has 1 aliphatic carbocycles. The number of alkyl halides is 3. The number of amides is 1. The van der Waals surface area contributed by atoms with Crippen LogP contribution in [0.5, 0.6) is 0 Å². The molecule has 0 aromatic heterocycles. The van der Waals surface area contributed by atoms with Crippen LogP contribution in [0.1, 0.15) is 53.2 Å². The number of carbonyl (C=O) groups is 2. The Labute approximate surface area is 136 Å². The van der Waals surface area contributed by atoms with Gasteiger partial charge in [0.1, 0.15) is 0 Å². The number of halogens is 3. The molecule has 0 saturated heterocycles. The van der Waals surface area contributed by atoms with Crippen LogP contribution in [-0.2, 0) is 28.9 Å². The van der Waals surface area contributed by atoms with Crippen LogP contribution >= 0.6 is 0 Å². The first kappa shape index (κ1) is 16.8. The van der Waals surface area contributed by atoms with E-state index in [9.17, 15) is 22.8 Å². The predicted molar refractivity (Wildman–Crippen MR) is 77.6 cm³/mol. The molecule has 2 aliphatic rings. The van der Waals surface area contributed by atoms with Crippen molar-refractivity contribution in [2.24, 2.45) is 0 Å². The molecule has 1 aromatic carbocycles. The fourth-order valence-electron chi connectivity index (χ4n) is 3.13. The van der Waals surface area contributed by atoms with E-state index in [0.29, 0.717) is 10.6 Å².